The van der Waals surface area contributed by atoms with Gasteiger partial charge in [-0.05, 0) is 61.4 Å². The molecule has 0 aliphatic carbocycles. The van der Waals surface area contributed by atoms with Crippen molar-refractivity contribution in [1.82, 2.24) is 24.8 Å². The highest BCUT2D eigenvalue weighted by Gasteiger charge is 2.35. The maximum absolute atomic E-state index is 13.6. The third-order valence-corrected chi connectivity index (χ3v) is 5.86. The fraction of sp³-hybridized carbons (Fsp3) is 0.296. The third-order valence-electron chi connectivity index (χ3n) is 5.86. The van der Waals surface area contributed by atoms with Crippen molar-refractivity contribution in [3.63, 3.8) is 0 Å². The number of alkyl halides is 6. The van der Waals surface area contributed by atoms with E-state index in [1.807, 2.05) is 13.8 Å². The number of amides is 1. The number of anilines is 2. The van der Waals surface area contributed by atoms with Gasteiger partial charge in [-0.2, -0.15) is 26.3 Å². The molecule has 1 amide bonds. The number of rotatable bonds is 8. The summed E-state index contributed by atoms with van der Waals surface area (Å²) in [5, 5.41) is 3.13. The minimum absolute atomic E-state index is 0.0529. The number of nitrogens with zero attached hydrogens (tertiary/aromatic N) is 5. The molecule has 0 saturated carbocycles. The summed E-state index contributed by atoms with van der Waals surface area (Å²) in [4.78, 5) is 31.6. The monoisotopic (exact) mass is 562 g/mol. The summed E-state index contributed by atoms with van der Waals surface area (Å²) >= 11 is 0. The topological polar surface area (TPSA) is 83.9 Å². The highest BCUT2D eigenvalue weighted by atomic mass is 19.4. The number of hydrogen-bond acceptors (Lipinski definition) is 6. The summed E-state index contributed by atoms with van der Waals surface area (Å²) in [6, 6.07) is 8.94. The lowest BCUT2D eigenvalue weighted by Gasteiger charge is -2.21. The Hall–Kier alpha value is -4.29. The molecule has 0 spiro atoms. The molecule has 0 aliphatic heterocycles. The van der Waals surface area contributed by atoms with Gasteiger partial charge in [0.2, 0.25) is 5.82 Å². The second kappa shape index (κ2) is 11.4. The van der Waals surface area contributed by atoms with E-state index in [-0.39, 0.29) is 34.1 Å². The van der Waals surface area contributed by atoms with Gasteiger partial charge in [0.25, 0.3) is 5.91 Å². The van der Waals surface area contributed by atoms with Gasteiger partial charge in [-0.15, -0.1) is 0 Å². The van der Waals surface area contributed by atoms with Crippen molar-refractivity contribution in [3.05, 3.63) is 71.7 Å². The number of nitrogens with one attached hydrogen (secondary N) is 1. The summed E-state index contributed by atoms with van der Waals surface area (Å²) in [6.07, 6.45) is -6.68. The summed E-state index contributed by atoms with van der Waals surface area (Å²) in [5.41, 5.74) is -2.24. The molecule has 0 atom stereocenters. The minimum Gasteiger partial charge on any atom is -0.340 e. The van der Waals surface area contributed by atoms with Gasteiger partial charge in [0, 0.05) is 25.0 Å². The second-order valence-corrected chi connectivity index (χ2v) is 8.85. The van der Waals surface area contributed by atoms with Crippen LogP contribution in [0.15, 0.2) is 54.7 Å². The molecule has 7 nitrogen and oxygen atoms in total. The molecule has 0 bridgehead atoms. The Morgan fingerprint density at radius 3 is 2.12 bits per heavy atom. The largest absolute Gasteiger partial charge is 0.418 e. The molecule has 3 aromatic heterocycles. The summed E-state index contributed by atoms with van der Waals surface area (Å²) in [7, 11) is 0. The normalized spacial score (nSPS) is 12.0. The van der Waals surface area contributed by atoms with Crippen molar-refractivity contribution < 1.29 is 31.1 Å². The first-order valence-corrected chi connectivity index (χ1v) is 12.4. The smallest absolute Gasteiger partial charge is 0.340 e. The molecular weight excluding hydrogens is 538 g/mol. The van der Waals surface area contributed by atoms with Gasteiger partial charge in [-0.1, -0.05) is 13.8 Å². The first-order valence-electron chi connectivity index (χ1n) is 12.4. The second-order valence-electron chi connectivity index (χ2n) is 8.85. The van der Waals surface area contributed by atoms with Crippen LogP contribution < -0.4 is 5.32 Å². The number of hydrogen-bond donors (Lipinski definition) is 1. The Morgan fingerprint density at radius 2 is 1.52 bits per heavy atom. The maximum atomic E-state index is 13.6. The summed E-state index contributed by atoms with van der Waals surface area (Å²) < 4.78 is 79.9. The van der Waals surface area contributed by atoms with Gasteiger partial charge in [-0.25, -0.2) is 15.0 Å². The van der Waals surface area contributed by atoms with Crippen molar-refractivity contribution in [2.24, 2.45) is 0 Å². The van der Waals surface area contributed by atoms with Gasteiger partial charge in [-0.3, -0.25) is 9.78 Å². The van der Waals surface area contributed by atoms with E-state index in [2.05, 4.69) is 25.3 Å². The van der Waals surface area contributed by atoms with Crippen LogP contribution in [0.3, 0.4) is 0 Å². The van der Waals surface area contributed by atoms with Gasteiger partial charge in [0.15, 0.2) is 5.65 Å². The van der Waals surface area contributed by atoms with Crippen molar-refractivity contribution in [1.29, 1.82) is 0 Å². The fourth-order valence-electron chi connectivity index (χ4n) is 4.05. The van der Waals surface area contributed by atoms with Gasteiger partial charge in [0.05, 0.1) is 22.2 Å². The number of fused-ring (bicyclic) bond motifs is 1. The van der Waals surface area contributed by atoms with Crippen LogP contribution in [-0.4, -0.2) is 43.8 Å². The average molecular weight is 563 g/mol. The molecule has 210 valence electrons. The number of carbonyl (C=O) groups excluding carboxylic acids is 1. The van der Waals surface area contributed by atoms with E-state index in [4.69, 9.17) is 0 Å². The fourth-order valence-corrected chi connectivity index (χ4v) is 4.05. The lowest BCUT2D eigenvalue weighted by atomic mass is 10.1. The SMILES string of the molecule is CCCN(CCC)C(=O)c1nc(Nc2ccc(C(F)(F)F)cc2)c2ccc(-c3ncccc3C(F)(F)F)nc2n1. The molecule has 40 heavy (non-hydrogen) atoms. The third kappa shape index (κ3) is 6.29. The van der Waals surface area contributed by atoms with E-state index in [9.17, 15) is 31.1 Å². The van der Waals surface area contributed by atoms with Gasteiger partial charge in [0.1, 0.15) is 11.5 Å². The van der Waals surface area contributed by atoms with E-state index in [1.54, 1.807) is 4.90 Å². The Labute approximate surface area is 225 Å². The van der Waals surface area contributed by atoms with Crippen LogP contribution in [0.4, 0.5) is 37.8 Å². The van der Waals surface area contributed by atoms with Crippen molar-refractivity contribution >= 4 is 28.4 Å². The molecule has 4 rings (SSSR count). The van der Waals surface area contributed by atoms with Crippen LogP contribution >= 0.6 is 0 Å². The molecular formula is C27H24F6N6O. The summed E-state index contributed by atoms with van der Waals surface area (Å²) in [5.74, 6) is -0.718. The lowest BCUT2D eigenvalue weighted by Crippen LogP contribution is -2.33. The molecule has 0 radical (unpaired) electrons. The zero-order valence-corrected chi connectivity index (χ0v) is 21.4. The number of carbonyl (C=O) groups is 1. The molecule has 1 aromatic carbocycles. The predicted molar refractivity (Wildman–Crippen MR) is 137 cm³/mol. The molecule has 0 aliphatic rings. The number of halogens is 6. The van der Waals surface area contributed by atoms with E-state index in [0.717, 1.165) is 24.3 Å². The van der Waals surface area contributed by atoms with Crippen LogP contribution in [-0.2, 0) is 12.4 Å². The van der Waals surface area contributed by atoms with E-state index < -0.39 is 35.1 Å². The zero-order chi connectivity index (χ0) is 29.1. The molecule has 4 aromatic rings. The van der Waals surface area contributed by atoms with E-state index in [1.165, 1.54) is 30.5 Å². The van der Waals surface area contributed by atoms with Crippen LogP contribution in [0.25, 0.3) is 22.4 Å². The minimum atomic E-state index is -4.69. The number of benzene rings is 1. The van der Waals surface area contributed by atoms with E-state index >= 15 is 0 Å². The van der Waals surface area contributed by atoms with Gasteiger partial charge < -0.3 is 10.2 Å². The Kier molecular flexibility index (Phi) is 8.21. The molecule has 1 N–H and O–H groups in total. The molecule has 3 heterocycles. The Balaban J connectivity index is 1.85. The number of aromatic nitrogens is 4. The highest BCUT2D eigenvalue weighted by Crippen LogP contribution is 2.36. The molecule has 0 saturated heterocycles. The van der Waals surface area contributed by atoms with Crippen LogP contribution in [0.5, 0.6) is 0 Å². The Bertz CT molecular complexity index is 1500. The Morgan fingerprint density at radius 1 is 0.850 bits per heavy atom. The van der Waals surface area contributed by atoms with Crippen LogP contribution in [0.2, 0.25) is 0 Å². The predicted octanol–water partition coefficient (Wildman–Crippen LogP) is 7.13. The molecule has 13 heteroatoms. The van der Waals surface area contributed by atoms with Crippen molar-refractivity contribution in [2.45, 2.75) is 39.0 Å². The van der Waals surface area contributed by atoms with Crippen molar-refractivity contribution in [2.75, 3.05) is 18.4 Å². The van der Waals surface area contributed by atoms with Crippen LogP contribution in [0.1, 0.15) is 48.4 Å². The standard InChI is InChI=1S/C27H24F6N6O/c1-3-14-39(15-4-2)25(40)24-37-22(35-17-9-7-16(8-10-17)26(28,29)30)18-11-12-20(36-23(18)38-24)21-19(27(31,32)33)6-5-13-34-21/h5-13H,3-4,14-15H2,1-2H3,(H,35,36,37,38). The van der Waals surface area contributed by atoms with Crippen LogP contribution in [0, 0.1) is 0 Å². The van der Waals surface area contributed by atoms with Gasteiger partial charge >= 0.3 is 12.4 Å². The molecule has 0 fully saturated rings. The molecule has 0 unspecified atom stereocenters. The van der Waals surface area contributed by atoms with Crippen molar-refractivity contribution in [3.8, 4) is 11.4 Å². The quantitative estimate of drug-likeness (QED) is 0.230. The van der Waals surface area contributed by atoms with E-state index in [0.29, 0.717) is 25.9 Å². The lowest BCUT2D eigenvalue weighted by molar-refractivity contribution is -0.138. The zero-order valence-electron chi connectivity index (χ0n) is 21.4. The highest BCUT2D eigenvalue weighted by molar-refractivity contribution is 5.96. The maximum Gasteiger partial charge on any atom is 0.418 e. The average Bonchev–Trinajstić information content (AvgIpc) is 2.91. The summed E-state index contributed by atoms with van der Waals surface area (Å²) in [6.45, 7) is 4.64. The number of pyridine rings is 2. The first-order chi connectivity index (χ1) is 18.9. The first kappa shape index (κ1) is 28.7.